The summed E-state index contributed by atoms with van der Waals surface area (Å²) in [7, 11) is 1.51. The number of carbonyl (C=O) groups excluding carboxylic acids is 1. The van der Waals surface area contributed by atoms with Gasteiger partial charge in [-0.1, -0.05) is 11.6 Å². The maximum Gasteiger partial charge on any atom is 0.257 e. The molecule has 0 radical (unpaired) electrons. The molecule has 0 spiro atoms. The molecule has 3 rings (SSSR count). The number of benzene rings is 1. The second kappa shape index (κ2) is 9.96. The Morgan fingerprint density at radius 3 is 2.70 bits per heavy atom. The Hall–Kier alpha value is -1.87. The quantitative estimate of drug-likeness (QED) is 0.667. The van der Waals surface area contributed by atoms with Gasteiger partial charge < -0.3 is 14.2 Å². The van der Waals surface area contributed by atoms with Gasteiger partial charge >= 0.3 is 0 Å². The molecule has 2 heterocycles. The minimum Gasteiger partial charge on any atom is -0.493 e. The summed E-state index contributed by atoms with van der Waals surface area (Å²) in [6, 6.07) is 3.19. The maximum absolute atomic E-state index is 12.7. The van der Waals surface area contributed by atoms with Crippen LogP contribution in [0.4, 0.5) is 5.13 Å². The molecular weight excluding hydrogens is 426 g/mol. The number of nitrogens with one attached hydrogen (secondary N) is 1. The van der Waals surface area contributed by atoms with Crippen molar-refractivity contribution in [2.45, 2.75) is 52.6 Å². The highest BCUT2D eigenvalue weighted by atomic mass is 35.5. The Morgan fingerprint density at radius 2 is 2.07 bits per heavy atom. The van der Waals surface area contributed by atoms with E-state index in [0.717, 1.165) is 25.3 Å². The molecule has 1 aliphatic rings. The topological polar surface area (TPSA) is 72.9 Å². The summed E-state index contributed by atoms with van der Waals surface area (Å²) in [5.41, 5.74) is 1.30. The average molecular weight is 454 g/mol. The Labute approximate surface area is 186 Å². The number of hydrogen-bond acceptors (Lipinski definition) is 7. The summed E-state index contributed by atoms with van der Waals surface area (Å²) in [5.74, 6) is 0.536. The number of hydrogen-bond donors (Lipinski definition) is 1. The molecule has 7 nitrogen and oxygen atoms in total. The van der Waals surface area contributed by atoms with Gasteiger partial charge in [0.05, 0.1) is 36.1 Å². The highest BCUT2D eigenvalue weighted by Gasteiger charge is 2.23. The number of nitrogens with zero attached hydrogens (tertiary/aromatic N) is 2. The van der Waals surface area contributed by atoms with Crippen molar-refractivity contribution >= 4 is 34.0 Å². The molecule has 1 fully saturated rings. The number of thiazole rings is 1. The molecule has 30 heavy (non-hydrogen) atoms. The van der Waals surface area contributed by atoms with Crippen LogP contribution < -0.4 is 14.8 Å². The van der Waals surface area contributed by atoms with Crippen LogP contribution in [-0.2, 0) is 11.3 Å². The summed E-state index contributed by atoms with van der Waals surface area (Å²) in [6.45, 7) is 10.4. The van der Waals surface area contributed by atoms with Crippen LogP contribution in [0.15, 0.2) is 17.5 Å². The molecule has 0 bridgehead atoms. The summed E-state index contributed by atoms with van der Waals surface area (Å²) in [4.78, 5) is 19.6. The van der Waals surface area contributed by atoms with Crippen molar-refractivity contribution in [1.82, 2.24) is 9.88 Å². The van der Waals surface area contributed by atoms with Gasteiger partial charge in [0.25, 0.3) is 5.91 Å². The average Bonchev–Trinajstić information content (AvgIpc) is 3.08. The molecule has 1 aromatic heterocycles. The molecule has 1 aliphatic heterocycles. The van der Waals surface area contributed by atoms with E-state index in [1.54, 1.807) is 12.1 Å². The van der Waals surface area contributed by atoms with E-state index in [-0.39, 0.29) is 24.2 Å². The Kier molecular flexibility index (Phi) is 7.57. The van der Waals surface area contributed by atoms with E-state index in [4.69, 9.17) is 25.8 Å². The van der Waals surface area contributed by atoms with E-state index in [1.165, 1.54) is 18.4 Å². The molecule has 2 atom stereocenters. The third kappa shape index (κ3) is 5.85. The first-order chi connectivity index (χ1) is 14.2. The number of carbonyl (C=O) groups is 1. The number of ether oxygens (including phenoxy) is 3. The zero-order valence-corrected chi connectivity index (χ0v) is 19.5. The Bertz CT molecular complexity index is 879. The number of rotatable bonds is 7. The molecule has 164 valence electrons. The summed E-state index contributed by atoms with van der Waals surface area (Å²) in [5, 5.41) is 5.67. The van der Waals surface area contributed by atoms with Gasteiger partial charge in [0.1, 0.15) is 0 Å². The molecule has 0 aliphatic carbocycles. The molecule has 1 N–H and O–H groups in total. The lowest BCUT2D eigenvalue weighted by atomic mass is 10.2. The fraction of sp³-hybridized carbons (Fsp3) is 0.524. The largest absolute Gasteiger partial charge is 0.493 e. The highest BCUT2D eigenvalue weighted by Crippen LogP contribution is 2.37. The van der Waals surface area contributed by atoms with Gasteiger partial charge in [-0.3, -0.25) is 15.0 Å². The van der Waals surface area contributed by atoms with Crippen molar-refractivity contribution in [3.05, 3.63) is 33.8 Å². The third-order valence-electron chi connectivity index (χ3n) is 4.50. The second-order valence-corrected chi connectivity index (χ2v) is 8.97. The van der Waals surface area contributed by atoms with Gasteiger partial charge in [-0.15, -0.1) is 11.3 Å². The van der Waals surface area contributed by atoms with Gasteiger partial charge in [-0.25, -0.2) is 4.98 Å². The molecule has 9 heteroatoms. The van der Waals surface area contributed by atoms with Crippen molar-refractivity contribution in [2.24, 2.45) is 0 Å². The molecular formula is C21H28ClN3O4S. The molecule has 0 unspecified atom stereocenters. The lowest BCUT2D eigenvalue weighted by molar-refractivity contribution is -0.0707. The van der Waals surface area contributed by atoms with Crippen molar-refractivity contribution in [2.75, 3.05) is 25.5 Å². The lowest BCUT2D eigenvalue weighted by Crippen LogP contribution is -2.44. The Morgan fingerprint density at radius 1 is 1.37 bits per heavy atom. The minimum atomic E-state index is -0.305. The van der Waals surface area contributed by atoms with E-state index in [1.807, 2.05) is 19.2 Å². The van der Waals surface area contributed by atoms with Gasteiger partial charge in [0, 0.05) is 30.6 Å². The zero-order valence-electron chi connectivity index (χ0n) is 17.9. The smallest absolute Gasteiger partial charge is 0.257 e. The van der Waals surface area contributed by atoms with E-state index >= 15 is 0 Å². The van der Waals surface area contributed by atoms with Crippen molar-refractivity contribution < 1.29 is 19.0 Å². The first-order valence-corrected chi connectivity index (χ1v) is 11.2. The van der Waals surface area contributed by atoms with Gasteiger partial charge in [0.2, 0.25) is 0 Å². The van der Waals surface area contributed by atoms with Crippen LogP contribution in [0.2, 0.25) is 5.02 Å². The van der Waals surface area contributed by atoms with Crippen LogP contribution >= 0.6 is 22.9 Å². The molecule has 2 aromatic rings. The number of morpholine rings is 1. The maximum atomic E-state index is 12.7. The molecule has 1 aromatic carbocycles. The van der Waals surface area contributed by atoms with Crippen LogP contribution in [0.3, 0.4) is 0 Å². The standard InChI is InChI=1S/C21H28ClN3O4S/c1-12(2)28-19-17(22)6-15(7-18(19)27-5)20(26)24-21-23-16(11-30-21)10-25-8-13(3)29-14(4)9-25/h6-7,11-14H,8-10H2,1-5H3,(H,23,24,26)/t13-,14-/m1/s1. The van der Waals surface area contributed by atoms with E-state index in [0.29, 0.717) is 27.2 Å². The number of anilines is 1. The van der Waals surface area contributed by atoms with E-state index in [2.05, 4.69) is 29.0 Å². The monoisotopic (exact) mass is 453 g/mol. The number of halogens is 1. The normalized spacial score (nSPS) is 19.7. The Balaban J connectivity index is 1.67. The number of amides is 1. The summed E-state index contributed by atoms with van der Waals surface area (Å²) >= 11 is 7.73. The van der Waals surface area contributed by atoms with Gasteiger partial charge in [0.15, 0.2) is 16.6 Å². The van der Waals surface area contributed by atoms with E-state index in [9.17, 15) is 4.79 Å². The van der Waals surface area contributed by atoms with Crippen LogP contribution in [0.25, 0.3) is 0 Å². The highest BCUT2D eigenvalue weighted by molar-refractivity contribution is 7.14. The predicted octanol–water partition coefficient (Wildman–Crippen LogP) is 4.45. The first-order valence-electron chi connectivity index (χ1n) is 9.93. The fourth-order valence-corrected chi connectivity index (χ4v) is 4.40. The van der Waals surface area contributed by atoms with Crippen molar-refractivity contribution in [3.63, 3.8) is 0 Å². The summed E-state index contributed by atoms with van der Waals surface area (Å²) in [6.07, 6.45) is 0.338. The molecule has 1 amide bonds. The van der Waals surface area contributed by atoms with Crippen molar-refractivity contribution in [3.8, 4) is 11.5 Å². The SMILES string of the molecule is COc1cc(C(=O)Nc2nc(CN3C[C@@H](C)O[C@H](C)C3)cs2)cc(Cl)c1OC(C)C. The van der Waals surface area contributed by atoms with Crippen molar-refractivity contribution in [1.29, 1.82) is 0 Å². The third-order valence-corrected chi connectivity index (χ3v) is 5.59. The molecule has 0 saturated carbocycles. The number of methoxy groups -OCH3 is 1. The van der Waals surface area contributed by atoms with Crippen LogP contribution in [0, 0.1) is 0 Å². The second-order valence-electron chi connectivity index (χ2n) is 7.71. The van der Waals surface area contributed by atoms with Crippen LogP contribution in [0.5, 0.6) is 11.5 Å². The first kappa shape index (κ1) is 22.8. The zero-order chi connectivity index (χ0) is 21.8. The predicted molar refractivity (Wildman–Crippen MR) is 119 cm³/mol. The fourth-order valence-electron chi connectivity index (χ4n) is 3.45. The molecule has 1 saturated heterocycles. The van der Waals surface area contributed by atoms with Crippen LogP contribution in [0.1, 0.15) is 43.7 Å². The summed E-state index contributed by atoms with van der Waals surface area (Å²) < 4.78 is 16.8. The minimum absolute atomic E-state index is 0.0674. The lowest BCUT2D eigenvalue weighted by Gasteiger charge is -2.34. The van der Waals surface area contributed by atoms with E-state index < -0.39 is 0 Å². The van der Waals surface area contributed by atoms with Gasteiger partial charge in [-0.2, -0.15) is 0 Å². The van der Waals surface area contributed by atoms with Crippen LogP contribution in [-0.4, -0.2) is 54.3 Å². The van der Waals surface area contributed by atoms with Gasteiger partial charge in [-0.05, 0) is 39.8 Å². The number of aromatic nitrogens is 1.